The summed E-state index contributed by atoms with van der Waals surface area (Å²) in [7, 11) is 0. The molecule has 0 bridgehead atoms. The van der Waals surface area contributed by atoms with Crippen molar-refractivity contribution in [2.45, 2.75) is 26.2 Å². The average molecular weight is 270 g/mol. The summed E-state index contributed by atoms with van der Waals surface area (Å²) in [6.45, 7) is 3.74. The summed E-state index contributed by atoms with van der Waals surface area (Å²) in [6.07, 6.45) is 6.01. The molecule has 104 valence electrons. The van der Waals surface area contributed by atoms with E-state index in [1.807, 2.05) is 36.4 Å². The Morgan fingerprint density at radius 2 is 2.00 bits per heavy atom. The lowest BCUT2D eigenvalue weighted by Crippen LogP contribution is -2.16. The lowest BCUT2D eigenvalue weighted by atomic mass is 9.96. The van der Waals surface area contributed by atoms with Crippen LogP contribution in [0.1, 0.15) is 37.3 Å². The summed E-state index contributed by atoms with van der Waals surface area (Å²) in [5.74, 6) is -0.750. The standard InChI is InChI=1S/C17H18O3/c1-3-16(18)15(17(19)20-4-2)11-13-10-9-12-7-5-6-8-14(12)13/h5-11,13H,3-4H2,1-2H3. The summed E-state index contributed by atoms with van der Waals surface area (Å²) in [5.41, 5.74) is 2.39. The van der Waals surface area contributed by atoms with E-state index in [9.17, 15) is 9.59 Å². The molecule has 1 aliphatic rings. The number of fused-ring (bicyclic) bond motifs is 1. The predicted molar refractivity (Wildman–Crippen MR) is 78.2 cm³/mol. The van der Waals surface area contributed by atoms with Crippen molar-refractivity contribution < 1.29 is 14.3 Å². The van der Waals surface area contributed by atoms with E-state index in [2.05, 4.69) is 0 Å². The third kappa shape index (κ3) is 2.87. The van der Waals surface area contributed by atoms with Gasteiger partial charge >= 0.3 is 5.97 Å². The quantitative estimate of drug-likeness (QED) is 0.357. The molecule has 0 spiro atoms. The Bertz CT molecular complexity index is 582. The Morgan fingerprint density at radius 1 is 1.25 bits per heavy atom. The SMILES string of the molecule is CCOC(=O)C(=CC1C=Cc2ccccc21)C(=O)CC. The van der Waals surface area contributed by atoms with Gasteiger partial charge in [0.2, 0.25) is 0 Å². The van der Waals surface area contributed by atoms with Crippen molar-refractivity contribution >= 4 is 17.8 Å². The first kappa shape index (κ1) is 14.3. The second kappa shape index (κ2) is 6.33. The number of esters is 1. The van der Waals surface area contributed by atoms with Crippen LogP contribution in [0.3, 0.4) is 0 Å². The summed E-state index contributed by atoms with van der Waals surface area (Å²) in [6, 6.07) is 7.96. The first-order valence-corrected chi connectivity index (χ1v) is 6.86. The number of ether oxygens (including phenoxy) is 1. The molecule has 1 atom stereocenters. The molecule has 0 fully saturated rings. The first-order valence-electron chi connectivity index (χ1n) is 6.86. The van der Waals surface area contributed by atoms with Gasteiger partial charge in [-0.05, 0) is 18.1 Å². The van der Waals surface area contributed by atoms with E-state index >= 15 is 0 Å². The van der Waals surface area contributed by atoms with E-state index in [0.29, 0.717) is 6.42 Å². The third-order valence-corrected chi connectivity index (χ3v) is 3.30. The second-order valence-electron chi connectivity index (χ2n) is 4.59. The van der Waals surface area contributed by atoms with E-state index in [1.165, 1.54) is 0 Å². The zero-order chi connectivity index (χ0) is 14.5. The van der Waals surface area contributed by atoms with E-state index in [0.717, 1.165) is 11.1 Å². The van der Waals surface area contributed by atoms with E-state index in [-0.39, 0.29) is 23.9 Å². The van der Waals surface area contributed by atoms with Crippen LogP contribution in [0.2, 0.25) is 0 Å². The van der Waals surface area contributed by atoms with Crippen molar-refractivity contribution in [2.75, 3.05) is 6.61 Å². The third-order valence-electron chi connectivity index (χ3n) is 3.30. The Kier molecular flexibility index (Phi) is 4.51. The molecular formula is C17H18O3. The van der Waals surface area contributed by atoms with Gasteiger partial charge in [-0.1, -0.05) is 49.4 Å². The number of allylic oxidation sites excluding steroid dienone is 2. The highest BCUT2D eigenvalue weighted by atomic mass is 16.5. The maximum atomic E-state index is 11.9. The molecule has 0 N–H and O–H groups in total. The maximum absolute atomic E-state index is 11.9. The minimum atomic E-state index is -0.530. The molecule has 1 aromatic carbocycles. The van der Waals surface area contributed by atoms with Gasteiger partial charge < -0.3 is 4.74 Å². The van der Waals surface area contributed by atoms with E-state index in [1.54, 1.807) is 19.9 Å². The molecule has 0 amide bonds. The maximum Gasteiger partial charge on any atom is 0.341 e. The summed E-state index contributed by atoms with van der Waals surface area (Å²) < 4.78 is 4.97. The van der Waals surface area contributed by atoms with Crippen LogP contribution in [-0.2, 0) is 14.3 Å². The van der Waals surface area contributed by atoms with Gasteiger partial charge in [0.1, 0.15) is 0 Å². The minimum absolute atomic E-state index is 0.0406. The Morgan fingerprint density at radius 3 is 2.70 bits per heavy atom. The van der Waals surface area contributed by atoms with Crippen LogP contribution >= 0.6 is 0 Å². The van der Waals surface area contributed by atoms with Gasteiger partial charge in [0.15, 0.2) is 5.78 Å². The molecular weight excluding hydrogens is 252 g/mol. The van der Waals surface area contributed by atoms with Crippen LogP contribution in [0.15, 0.2) is 42.0 Å². The van der Waals surface area contributed by atoms with Crippen molar-refractivity contribution in [3.8, 4) is 0 Å². The number of benzene rings is 1. The second-order valence-corrected chi connectivity index (χ2v) is 4.59. The highest BCUT2D eigenvalue weighted by Gasteiger charge is 2.22. The van der Waals surface area contributed by atoms with Gasteiger partial charge in [-0.15, -0.1) is 0 Å². The molecule has 3 nitrogen and oxygen atoms in total. The topological polar surface area (TPSA) is 43.4 Å². The molecule has 20 heavy (non-hydrogen) atoms. The van der Waals surface area contributed by atoms with Gasteiger partial charge in [0, 0.05) is 12.3 Å². The number of hydrogen-bond acceptors (Lipinski definition) is 3. The van der Waals surface area contributed by atoms with Crippen molar-refractivity contribution in [1.29, 1.82) is 0 Å². The lowest BCUT2D eigenvalue weighted by molar-refractivity contribution is -0.140. The van der Waals surface area contributed by atoms with Gasteiger partial charge in [-0.25, -0.2) is 4.79 Å². The Balaban J connectivity index is 2.33. The van der Waals surface area contributed by atoms with Gasteiger partial charge in [0.05, 0.1) is 12.2 Å². The number of hydrogen-bond donors (Lipinski definition) is 0. The van der Waals surface area contributed by atoms with Gasteiger partial charge in [-0.3, -0.25) is 4.79 Å². The van der Waals surface area contributed by atoms with Crippen LogP contribution < -0.4 is 0 Å². The molecule has 1 aliphatic carbocycles. The van der Waals surface area contributed by atoms with Crippen molar-refractivity contribution in [3.05, 3.63) is 53.1 Å². The van der Waals surface area contributed by atoms with Gasteiger partial charge in [-0.2, -0.15) is 0 Å². The van der Waals surface area contributed by atoms with Gasteiger partial charge in [0.25, 0.3) is 0 Å². The molecule has 0 saturated heterocycles. The number of carbonyl (C=O) groups excluding carboxylic acids is 2. The summed E-state index contributed by atoms with van der Waals surface area (Å²) in [5, 5.41) is 0. The van der Waals surface area contributed by atoms with Crippen molar-refractivity contribution in [2.24, 2.45) is 0 Å². The first-order chi connectivity index (χ1) is 9.67. The van der Waals surface area contributed by atoms with Crippen LogP contribution in [0.5, 0.6) is 0 Å². The molecule has 0 aromatic heterocycles. The molecule has 0 aliphatic heterocycles. The Hall–Kier alpha value is -2.16. The zero-order valence-electron chi connectivity index (χ0n) is 11.8. The molecule has 3 heteroatoms. The largest absolute Gasteiger partial charge is 0.462 e. The monoisotopic (exact) mass is 270 g/mol. The fraction of sp³-hybridized carbons (Fsp3) is 0.294. The summed E-state index contributed by atoms with van der Waals surface area (Å²) >= 11 is 0. The van der Waals surface area contributed by atoms with Crippen LogP contribution in [0.4, 0.5) is 0 Å². The predicted octanol–water partition coefficient (Wildman–Crippen LogP) is 3.27. The number of ketones is 1. The van der Waals surface area contributed by atoms with Crippen LogP contribution in [0.25, 0.3) is 6.08 Å². The number of Topliss-reactive ketones (excluding diaryl/α,β-unsaturated/α-hetero) is 1. The number of carbonyl (C=O) groups is 2. The van der Waals surface area contributed by atoms with Crippen molar-refractivity contribution in [1.82, 2.24) is 0 Å². The van der Waals surface area contributed by atoms with Crippen LogP contribution in [0, 0.1) is 0 Å². The van der Waals surface area contributed by atoms with Crippen molar-refractivity contribution in [3.63, 3.8) is 0 Å². The van der Waals surface area contributed by atoms with E-state index < -0.39 is 5.97 Å². The van der Waals surface area contributed by atoms with Crippen LogP contribution in [-0.4, -0.2) is 18.4 Å². The molecule has 2 rings (SSSR count). The number of rotatable bonds is 5. The fourth-order valence-corrected chi connectivity index (χ4v) is 2.28. The molecule has 0 saturated carbocycles. The normalized spacial score (nSPS) is 16.9. The smallest absolute Gasteiger partial charge is 0.341 e. The van der Waals surface area contributed by atoms with E-state index in [4.69, 9.17) is 4.74 Å². The highest BCUT2D eigenvalue weighted by molar-refractivity contribution is 6.17. The molecule has 0 heterocycles. The molecule has 1 aromatic rings. The lowest BCUT2D eigenvalue weighted by Gasteiger charge is -2.09. The zero-order valence-corrected chi connectivity index (χ0v) is 11.8. The molecule has 1 unspecified atom stereocenters. The average Bonchev–Trinajstić information content (AvgIpc) is 2.87. The minimum Gasteiger partial charge on any atom is -0.462 e. The Labute approximate surface area is 118 Å². The summed E-state index contributed by atoms with van der Waals surface area (Å²) in [4.78, 5) is 23.8. The highest BCUT2D eigenvalue weighted by Crippen LogP contribution is 2.31. The fourth-order valence-electron chi connectivity index (χ4n) is 2.28. The molecule has 0 radical (unpaired) electrons.